The number of pyridine rings is 1. The molecule has 0 bridgehead atoms. The molecule has 0 saturated carbocycles. The standard InChI is InChI=1S/C46H53N13O4/c1-28-24-31(6-12-35(28)29(2)50-42(61)43-54-44(55-63-43)46(3,4)5)38-39-41(49-27-48-38)53-40(52-39)32-7-13-36(47-25-32)58-22-20-56(21-23-58)26-30-14-17-57(18-15-30)33-8-10-34(11-9-33)59-19-16-37(60)51-45(59)62/h6-13,24-25,27,29-30H,14-23,26H2,1-5H3,(H,50,61)(H,51,60,62)(H,48,49,52,53)/t29-/m1/s1. The second-order valence-corrected chi connectivity index (χ2v) is 17.8. The van der Waals surface area contributed by atoms with Crippen molar-refractivity contribution < 1.29 is 18.9 Å². The van der Waals surface area contributed by atoms with Crippen LogP contribution in [0.15, 0.2) is 71.6 Å². The van der Waals surface area contributed by atoms with E-state index in [4.69, 9.17) is 14.5 Å². The molecular weight excluding hydrogens is 799 g/mol. The average molecular weight is 852 g/mol. The van der Waals surface area contributed by atoms with Crippen molar-refractivity contribution in [1.82, 2.24) is 50.6 Å². The first-order chi connectivity index (χ1) is 30.4. The summed E-state index contributed by atoms with van der Waals surface area (Å²) in [7, 11) is 0. The highest BCUT2D eigenvalue weighted by Crippen LogP contribution is 2.31. The maximum Gasteiger partial charge on any atom is 0.328 e. The number of anilines is 3. The van der Waals surface area contributed by atoms with Gasteiger partial charge in [0.15, 0.2) is 11.5 Å². The van der Waals surface area contributed by atoms with Gasteiger partial charge in [0.05, 0.1) is 6.04 Å². The summed E-state index contributed by atoms with van der Waals surface area (Å²) in [5.74, 6) is 2.06. The predicted molar refractivity (Wildman–Crippen MR) is 240 cm³/mol. The lowest BCUT2D eigenvalue weighted by Crippen LogP contribution is -2.49. The molecule has 4 aromatic heterocycles. The first-order valence-corrected chi connectivity index (χ1v) is 21.7. The number of carbonyl (C=O) groups is 3. The largest absolute Gasteiger partial charge is 0.372 e. The quantitative estimate of drug-likeness (QED) is 0.144. The Morgan fingerprint density at radius 2 is 1.62 bits per heavy atom. The molecular formula is C46H53N13O4. The number of aromatic nitrogens is 7. The van der Waals surface area contributed by atoms with Crippen molar-refractivity contribution in [1.29, 1.82) is 0 Å². The van der Waals surface area contributed by atoms with E-state index < -0.39 is 5.91 Å². The normalized spacial score (nSPS) is 17.3. The van der Waals surface area contributed by atoms with Gasteiger partial charge in [0.2, 0.25) is 5.91 Å². The van der Waals surface area contributed by atoms with Crippen molar-refractivity contribution in [2.75, 3.05) is 67.1 Å². The number of imidazole rings is 1. The molecule has 63 heavy (non-hydrogen) atoms. The number of nitrogens with one attached hydrogen (secondary N) is 3. The van der Waals surface area contributed by atoms with Crippen LogP contribution in [0.4, 0.5) is 22.0 Å². The summed E-state index contributed by atoms with van der Waals surface area (Å²) in [6.45, 7) is 17.2. The Bertz CT molecular complexity index is 2620. The van der Waals surface area contributed by atoms with Gasteiger partial charge in [-0.2, -0.15) is 4.98 Å². The smallest absolute Gasteiger partial charge is 0.328 e. The molecule has 3 fully saturated rings. The van der Waals surface area contributed by atoms with Gasteiger partial charge in [0, 0.05) is 92.9 Å². The summed E-state index contributed by atoms with van der Waals surface area (Å²) in [6.07, 6.45) is 6.02. The molecule has 0 unspecified atom stereocenters. The van der Waals surface area contributed by atoms with Crippen LogP contribution >= 0.6 is 0 Å². The summed E-state index contributed by atoms with van der Waals surface area (Å²) in [4.78, 5) is 72.3. The van der Waals surface area contributed by atoms with Gasteiger partial charge < -0.3 is 24.6 Å². The fourth-order valence-corrected chi connectivity index (χ4v) is 8.71. The Morgan fingerprint density at radius 3 is 2.30 bits per heavy atom. The van der Waals surface area contributed by atoms with E-state index in [-0.39, 0.29) is 29.3 Å². The molecule has 4 amide bonds. The fraction of sp³-hybridized carbons (Fsp3) is 0.413. The van der Waals surface area contributed by atoms with E-state index in [2.05, 4.69) is 74.7 Å². The van der Waals surface area contributed by atoms with Crippen molar-refractivity contribution in [3.63, 3.8) is 0 Å². The Kier molecular flexibility index (Phi) is 11.4. The highest BCUT2D eigenvalue weighted by Gasteiger charge is 2.28. The lowest BCUT2D eigenvalue weighted by Gasteiger charge is -2.39. The molecule has 3 N–H and O–H groups in total. The highest BCUT2D eigenvalue weighted by atomic mass is 16.5. The van der Waals surface area contributed by atoms with Crippen LogP contribution in [0.3, 0.4) is 0 Å². The molecule has 3 aliphatic rings. The maximum absolute atomic E-state index is 12.9. The molecule has 7 heterocycles. The van der Waals surface area contributed by atoms with Crippen molar-refractivity contribution in [3.05, 3.63) is 90.0 Å². The number of carbonyl (C=O) groups excluding carboxylic acids is 3. The van der Waals surface area contributed by atoms with Crippen molar-refractivity contribution in [3.8, 4) is 22.6 Å². The van der Waals surface area contributed by atoms with Gasteiger partial charge >= 0.3 is 17.8 Å². The number of rotatable bonds is 10. The van der Waals surface area contributed by atoms with E-state index in [0.29, 0.717) is 47.4 Å². The molecule has 2 aromatic carbocycles. The summed E-state index contributed by atoms with van der Waals surface area (Å²) < 4.78 is 5.24. The molecule has 3 saturated heterocycles. The summed E-state index contributed by atoms with van der Waals surface area (Å²) in [5, 5.41) is 9.35. The van der Waals surface area contributed by atoms with E-state index in [9.17, 15) is 14.4 Å². The fourth-order valence-electron chi connectivity index (χ4n) is 8.71. The monoisotopic (exact) mass is 851 g/mol. The number of hydrogen-bond donors (Lipinski definition) is 3. The minimum atomic E-state index is -0.421. The maximum atomic E-state index is 12.9. The topological polar surface area (TPSA) is 194 Å². The molecule has 9 rings (SSSR count). The molecule has 0 aliphatic carbocycles. The number of aryl methyl sites for hydroxylation is 1. The zero-order valence-electron chi connectivity index (χ0n) is 36.4. The number of hydrogen-bond acceptors (Lipinski definition) is 13. The van der Waals surface area contributed by atoms with Gasteiger partial charge in [-0.3, -0.25) is 24.7 Å². The third-order valence-corrected chi connectivity index (χ3v) is 12.4. The lowest BCUT2D eigenvalue weighted by molar-refractivity contribution is -0.120. The number of aromatic amines is 1. The van der Waals surface area contributed by atoms with E-state index >= 15 is 0 Å². The van der Waals surface area contributed by atoms with Crippen LogP contribution in [0.2, 0.25) is 0 Å². The summed E-state index contributed by atoms with van der Waals surface area (Å²) in [5.41, 5.74) is 7.35. The number of urea groups is 1. The lowest BCUT2D eigenvalue weighted by atomic mass is 9.95. The zero-order valence-corrected chi connectivity index (χ0v) is 36.4. The Labute approximate surface area is 365 Å². The molecule has 0 radical (unpaired) electrons. The van der Waals surface area contributed by atoms with Crippen LogP contribution in [-0.4, -0.2) is 110 Å². The van der Waals surface area contributed by atoms with Crippen LogP contribution in [0, 0.1) is 12.8 Å². The second-order valence-electron chi connectivity index (χ2n) is 17.8. The van der Waals surface area contributed by atoms with Crippen molar-refractivity contribution in [2.24, 2.45) is 5.92 Å². The van der Waals surface area contributed by atoms with Crippen molar-refractivity contribution in [2.45, 2.75) is 65.3 Å². The second kappa shape index (κ2) is 17.2. The first kappa shape index (κ1) is 41.6. The van der Waals surface area contributed by atoms with Gasteiger partial charge in [-0.05, 0) is 86.2 Å². The van der Waals surface area contributed by atoms with Gasteiger partial charge in [-0.1, -0.05) is 38.1 Å². The number of imide groups is 1. The molecule has 3 aliphatic heterocycles. The van der Waals surface area contributed by atoms with E-state index in [1.807, 2.05) is 71.1 Å². The van der Waals surface area contributed by atoms with Crippen LogP contribution in [-0.2, 0) is 10.2 Å². The zero-order chi connectivity index (χ0) is 43.8. The predicted octanol–water partition coefficient (Wildman–Crippen LogP) is 6.05. The molecule has 17 heteroatoms. The van der Waals surface area contributed by atoms with Gasteiger partial charge in [0.1, 0.15) is 29.2 Å². The Hall–Kier alpha value is -6.75. The highest BCUT2D eigenvalue weighted by molar-refractivity contribution is 6.05. The van der Waals surface area contributed by atoms with E-state index in [0.717, 1.165) is 92.4 Å². The Balaban J connectivity index is 0.768. The van der Waals surface area contributed by atoms with Crippen LogP contribution in [0.5, 0.6) is 0 Å². The SMILES string of the molecule is Cc1cc(-c2ncnc3[nH]c(-c4ccc(N5CCN(CC6CCN(c7ccc(N8CCC(=O)NC8=O)cc7)CC6)CC5)nc4)nc23)ccc1[C@@H](C)NC(=O)c1nc(C(C)(C)C)no1. The van der Waals surface area contributed by atoms with Gasteiger partial charge in [-0.15, -0.1) is 0 Å². The van der Waals surface area contributed by atoms with Crippen LogP contribution in [0.25, 0.3) is 33.8 Å². The number of H-pyrrole nitrogens is 1. The molecule has 17 nitrogen and oxygen atoms in total. The number of benzene rings is 2. The number of nitrogens with zero attached hydrogens (tertiary/aromatic N) is 10. The Morgan fingerprint density at radius 1 is 0.873 bits per heavy atom. The molecule has 1 atom stereocenters. The number of piperazine rings is 1. The molecule has 326 valence electrons. The van der Waals surface area contributed by atoms with Crippen LogP contribution in [0.1, 0.15) is 80.6 Å². The van der Waals surface area contributed by atoms with Crippen LogP contribution < -0.4 is 25.3 Å². The number of amides is 4. The number of fused-ring (bicyclic) bond motifs is 1. The van der Waals surface area contributed by atoms with E-state index in [1.165, 1.54) is 12.0 Å². The summed E-state index contributed by atoms with van der Waals surface area (Å²) in [6, 6.07) is 17.6. The van der Waals surface area contributed by atoms with Crippen molar-refractivity contribution >= 4 is 46.2 Å². The van der Waals surface area contributed by atoms with Gasteiger partial charge in [0.25, 0.3) is 0 Å². The third-order valence-electron chi connectivity index (χ3n) is 12.4. The minimum Gasteiger partial charge on any atom is -0.372 e. The average Bonchev–Trinajstić information content (AvgIpc) is 3.97. The van der Waals surface area contributed by atoms with E-state index in [1.54, 1.807) is 4.90 Å². The molecule has 0 spiro atoms. The number of piperidine rings is 1. The first-order valence-electron chi connectivity index (χ1n) is 21.7. The molecule has 6 aromatic rings. The summed E-state index contributed by atoms with van der Waals surface area (Å²) >= 11 is 0. The minimum absolute atomic E-state index is 0.0581. The third kappa shape index (κ3) is 8.96. The van der Waals surface area contributed by atoms with Gasteiger partial charge in [-0.25, -0.2) is 24.7 Å².